The number of fused-ring (bicyclic) bond motifs is 1. The number of anilines is 3. The lowest BCUT2D eigenvalue weighted by Crippen LogP contribution is -2.05. The summed E-state index contributed by atoms with van der Waals surface area (Å²) in [5.41, 5.74) is 8.94. The Morgan fingerprint density at radius 1 is 1.62 bits per heavy atom. The molecule has 1 aliphatic heterocycles. The summed E-state index contributed by atoms with van der Waals surface area (Å²) < 4.78 is 0. The van der Waals surface area contributed by atoms with Crippen LogP contribution in [0.25, 0.3) is 0 Å². The molecular weight excluding hydrogens is 226 g/mol. The first kappa shape index (κ1) is 10.8. The molecular formula is C11H12ClN3O. The summed E-state index contributed by atoms with van der Waals surface area (Å²) in [7, 11) is 0. The van der Waals surface area contributed by atoms with Crippen LogP contribution >= 0.6 is 11.6 Å². The van der Waals surface area contributed by atoms with Crippen LogP contribution < -0.4 is 16.4 Å². The van der Waals surface area contributed by atoms with E-state index in [4.69, 9.17) is 17.3 Å². The van der Waals surface area contributed by atoms with E-state index in [0.717, 1.165) is 16.9 Å². The summed E-state index contributed by atoms with van der Waals surface area (Å²) in [6, 6.07) is 3.61. The van der Waals surface area contributed by atoms with Gasteiger partial charge in [0.25, 0.3) is 0 Å². The van der Waals surface area contributed by atoms with Crippen molar-refractivity contribution in [3.05, 3.63) is 29.3 Å². The average molecular weight is 238 g/mol. The van der Waals surface area contributed by atoms with Gasteiger partial charge in [-0.1, -0.05) is 18.2 Å². The summed E-state index contributed by atoms with van der Waals surface area (Å²) >= 11 is 5.65. The SMILES string of the molecule is C=C(Cl)CNc1cc2c(cc1N)CC(=O)N2. The fourth-order valence-corrected chi connectivity index (χ4v) is 1.70. The Labute approximate surface area is 98.5 Å². The van der Waals surface area contributed by atoms with E-state index in [1.165, 1.54) is 0 Å². The molecule has 0 radical (unpaired) electrons. The Morgan fingerprint density at radius 3 is 3.06 bits per heavy atom. The van der Waals surface area contributed by atoms with Crippen LogP contribution in [0.2, 0.25) is 0 Å². The summed E-state index contributed by atoms with van der Waals surface area (Å²) in [4.78, 5) is 11.2. The fraction of sp³-hybridized carbons (Fsp3) is 0.182. The maximum atomic E-state index is 11.2. The van der Waals surface area contributed by atoms with Gasteiger partial charge in [0.05, 0.1) is 24.3 Å². The zero-order chi connectivity index (χ0) is 11.7. The van der Waals surface area contributed by atoms with Gasteiger partial charge in [0.15, 0.2) is 0 Å². The Kier molecular flexibility index (Phi) is 2.75. The van der Waals surface area contributed by atoms with Crippen LogP contribution in [0, 0.1) is 0 Å². The van der Waals surface area contributed by atoms with Gasteiger partial charge in [0, 0.05) is 10.7 Å². The number of benzene rings is 1. The van der Waals surface area contributed by atoms with E-state index in [1.807, 2.05) is 6.07 Å². The van der Waals surface area contributed by atoms with Crippen molar-refractivity contribution in [1.29, 1.82) is 0 Å². The highest BCUT2D eigenvalue weighted by Crippen LogP contribution is 2.31. The molecule has 2 rings (SSSR count). The largest absolute Gasteiger partial charge is 0.397 e. The second-order valence-electron chi connectivity index (χ2n) is 3.69. The van der Waals surface area contributed by atoms with Gasteiger partial charge in [-0.2, -0.15) is 0 Å². The highest BCUT2D eigenvalue weighted by atomic mass is 35.5. The minimum Gasteiger partial charge on any atom is -0.397 e. The predicted molar refractivity (Wildman–Crippen MR) is 66.7 cm³/mol. The van der Waals surface area contributed by atoms with Crippen LogP contribution in [0.4, 0.5) is 17.1 Å². The standard InChI is InChI=1S/C11H12ClN3O/c1-6(12)5-14-10-4-9-7(2-8(10)13)3-11(16)15-9/h2,4,14H,1,3,5,13H2,(H,15,16). The smallest absolute Gasteiger partial charge is 0.228 e. The third-order valence-electron chi connectivity index (χ3n) is 2.37. The molecule has 0 atom stereocenters. The van der Waals surface area contributed by atoms with E-state index in [2.05, 4.69) is 17.2 Å². The van der Waals surface area contributed by atoms with Gasteiger partial charge in [0.2, 0.25) is 5.91 Å². The van der Waals surface area contributed by atoms with Gasteiger partial charge in [-0.3, -0.25) is 4.79 Å². The minimum absolute atomic E-state index is 0.00620. The Bertz CT molecular complexity index is 471. The predicted octanol–water partition coefficient (Wildman–Crippen LogP) is 1.93. The van der Waals surface area contributed by atoms with Crippen LogP contribution in [0.5, 0.6) is 0 Å². The van der Waals surface area contributed by atoms with Crippen molar-refractivity contribution >= 4 is 34.6 Å². The first-order valence-electron chi connectivity index (χ1n) is 4.85. The fourth-order valence-electron chi connectivity index (χ4n) is 1.64. The molecule has 1 aromatic rings. The quantitative estimate of drug-likeness (QED) is 0.704. The summed E-state index contributed by atoms with van der Waals surface area (Å²) in [5.74, 6) is -0.00620. The number of nitrogens with one attached hydrogen (secondary N) is 2. The number of carbonyl (C=O) groups is 1. The monoisotopic (exact) mass is 237 g/mol. The Morgan fingerprint density at radius 2 is 2.38 bits per heavy atom. The lowest BCUT2D eigenvalue weighted by molar-refractivity contribution is -0.115. The number of hydrogen-bond donors (Lipinski definition) is 3. The Balaban J connectivity index is 2.24. The van der Waals surface area contributed by atoms with E-state index >= 15 is 0 Å². The molecule has 0 unspecified atom stereocenters. The molecule has 84 valence electrons. The van der Waals surface area contributed by atoms with E-state index in [0.29, 0.717) is 23.7 Å². The van der Waals surface area contributed by atoms with Crippen molar-refractivity contribution in [2.45, 2.75) is 6.42 Å². The maximum Gasteiger partial charge on any atom is 0.228 e. The van der Waals surface area contributed by atoms with Gasteiger partial charge in [-0.05, 0) is 17.7 Å². The van der Waals surface area contributed by atoms with Crippen LogP contribution in [0.3, 0.4) is 0 Å². The number of halogens is 1. The van der Waals surface area contributed by atoms with Crippen LogP contribution in [0.15, 0.2) is 23.7 Å². The zero-order valence-corrected chi connectivity index (χ0v) is 9.40. The van der Waals surface area contributed by atoms with Crippen molar-refractivity contribution < 1.29 is 4.79 Å². The number of nitrogens with two attached hydrogens (primary N) is 1. The molecule has 0 saturated heterocycles. The number of amides is 1. The molecule has 4 N–H and O–H groups in total. The third-order valence-corrected chi connectivity index (χ3v) is 2.50. The van der Waals surface area contributed by atoms with Crippen LogP contribution in [-0.4, -0.2) is 12.5 Å². The van der Waals surface area contributed by atoms with E-state index < -0.39 is 0 Å². The van der Waals surface area contributed by atoms with Gasteiger partial charge in [0.1, 0.15) is 0 Å². The zero-order valence-electron chi connectivity index (χ0n) is 8.64. The van der Waals surface area contributed by atoms with Gasteiger partial charge in [-0.25, -0.2) is 0 Å². The molecule has 0 aromatic heterocycles. The molecule has 1 heterocycles. The molecule has 1 amide bonds. The lowest BCUT2D eigenvalue weighted by atomic mass is 10.1. The molecule has 4 nitrogen and oxygen atoms in total. The molecule has 1 aliphatic rings. The normalized spacial score (nSPS) is 13.2. The number of nitrogen functional groups attached to an aromatic ring is 1. The minimum atomic E-state index is -0.00620. The van der Waals surface area contributed by atoms with Crippen molar-refractivity contribution in [2.24, 2.45) is 0 Å². The molecule has 16 heavy (non-hydrogen) atoms. The van der Waals surface area contributed by atoms with E-state index in [9.17, 15) is 4.79 Å². The first-order valence-corrected chi connectivity index (χ1v) is 5.23. The lowest BCUT2D eigenvalue weighted by Gasteiger charge is -2.10. The second kappa shape index (κ2) is 4.06. The number of hydrogen-bond acceptors (Lipinski definition) is 3. The van der Waals surface area contributed by atoms with Crippen molar-refractivity contribution in [3.63, 3.8) is 0 Å². The second-order valence-corrected chi connectivity index (χ2v) is 4.23. The molecule has 0 saturated carbocycles. The van der Waals surface area contributed by atoms with E-state index in [-0.39, 0.29) is 5.91 Å². The molecule has 0 bridgehead atoms. The number of rotatable bonds is 3. The third kappa shape index (κ3) is 2.12. The molecule has 0 spiro atoms. The summed E-state index contributed by atoms with van der Waals surface area (Å²) in [6.07, 6.45) is 0.391. The summed E-state index contributed by atoms with van der Waals surface area (Å²) in [5, 5.41) is 6.32. The summed E-state index contributed by atoms with van der Waals surface area (Å²) in [6.45, 7) is 4.02. The van der Waals surface area contributed by atoms with Gasteiger partial charge in [-0.15, -0.1) is 0 Å². The molecule has 0 fully saturated rings. The highest BCUT2D eigenvalue weighted by Gasteiger charge is 2.19. The van der Waals surface area contributed by atoms with Crippen molar-refractivity contribution in [1.82, 2.24) is 0 Å². The topological polar surface area (TPSA) is 67.1 Å². The number of carbonyl (C=O) groups excluding carboxylic acids is 1. The van der Waals surface area contributed by atoms with Crippen LogP contribution in [-0.2, 0) is 11.2 Å². The van der Waals surface area contributed by atoms with Gasteiger partial charge < -0.3 is 16.4 Å². The average Bonchev–Trinajstić information content (AvgIpc) is 2.53. The molecule has 1 aromatic carbocycles. The van der Waals surface area contributed by atoms with E-state index in [1.54, 1.807) is 6.07 Å². The highest BCUT2D eigenvalue weighted by molar-refractivity contribution is 6.29. The maximum absolute atomic E-state index is 11.2. The molecule has 5 heteroatoms. The van der Waals surface area contributed by atoms with Crippen LogP contribution in [0.1, 0.15) is 5.56 Å². The Hall–Kier alpha value is -1.68. The van der Waals surface area contributed by atoms with Gasteiger partial charge >= 0.3 is 0 Å². The first-order chi connectivity index (χ1) is 7.56. The van der Waals surface area contributed by atoms with Crippen molar-refractivity contribution in [3.8, 4) is 0 Å². The molecule has 0 aliphatic carbocycles. The van der Waals surface area contributed by atoms with Crippen molar-refractivity contribution in [2.75, 3.05) is 22.9 Å².